The van der Waals surface area contributed by atoms with Crippen LogP contribution < -0.4 is 5.32 Å². The molecule has 0 fully saturated rings. The van der Waals surface area contributed by atoms with Crippen molar-refractivity contribution >= 4 is 29.2 Å². The van der Waals surface area contributed by atoms with Crippen molar-refractivity contribution in [2.75, 3.05) is 11.9 Å². The van der Waals surface area contributed by atoms with E-state index in [0.717, 1.165) is 17.2 Å². The summed E-state index contributed by atoms with van der Waals surface area (Å²) >= 11 is 5.69. The van der Waals surface area contributed by atoms with Gasteiger partial charge in [-0.25, -0.2) is 4.39 Å². The molecule has 1 N–H and O–H groups in total. The lowest BCUT2D eigenvalue weighted by atomic mass is 9.91. The van der Waals surface area contributed by atoms with Crippen molar-refractivity contribution in [1.29, 1.82) is 0 Å². The van der Waals surface area contributed by atoms with Gasteiger partial charge in [-0.15, -0.1) is 0 Å². The van der Waals surface area contributed by atoms with E-state index in [1.807, 2.05) is 60.7 Å². The molecule has 0 radical (unpaired) electrons. The Labute approximate surface area is 166 Å². The standard InChI is InChI=1S/C22H17ClFNO3/c23-18-13-17(11-12-19(18)24)25-20(26)14-28-22(27)21(15-7-3-1-4-8-15)16-9-5-2-6-10-16/h1-13,21H,14H2,(H,25,26). The highest BCUT2D eigenvalue weighted by Crippen LogP contribution is 2.26. The van der Waals surface area contributed by atoms with Crippen molar-refractivity contribution in [3.8, 4) is 0 Å². The van der Waals surface area contributed by atoms with Crippen LogP contribution in [-0.4, -0.2) is 18.5 Å². The van der Waals surface area contributed by atoms with Crippen LogP contribution >= 0.6 is 11.6 Å². The second-order valence-corrected chi connectivity index (χ2v) is 6.45. The first kappa shape index (κ1) is 19.6. The second kappa shape index (κ2) is 9.15. The predicted molar refractivity (Wildman–Crippen MR) is 106 cm³/mol. The summed E-state index contributed by atoms with van der Waals surface area (Å²) in [6, 6.07) is 22.2. The van der Waals surface area contributed by atoms with Gasteiger partial charge in [-0.1, -0.05) is 72.3 Å². The Bertz CT molecular complexity index is 925. The first-order chi connectivity index (χ1) is 13.5. The summed E-state index contributed by atoms with van der Waals surface area (Å²) in [5.74, 6) is -2.31. The number of hydrogen-bond donors (Lipinski definition) is 1. The number of nitrogens with one attached hydrogen (secondary N) is 1. The molecule has 0 aromatic heterocycles. The van der Waals surface area contributed by atoms with Crippen LogP contribution in [0.4, 0.5) is 10.1 Å². The molecule has 0 saturated heterocycles. The fraction of sp³-hybridized carbons (Fsp3) is 0.0909. The number of carbonyl (C=O) groups excluding carboxylic acids is 2. The van der Waals surface area contributed by atoms with E-state index in [9.17, 15) is 14.0 Å². The Balaban J connectivity index is 1.68. The minimum atomic E-state index is -0.643. The molecule has 0 bridgehead atoms. The van der Waals surface area contributed by atoms with Gasteiger partial charge in [-0.05, 0) is 29.3 Å². The van der Waals surface area contributed by atoms with E-state index in [0.29, 0.717) is 5.69 Å². The van der Waals surface area contributed by atoms with Crippen molar-refractivity contribution in [1.82, 2.24) is 0 Å². The summed E-state index contributed by atoms with van der Waals surface area (Å²) in [5.41, 5.74) is 1.85. The average molecular weight is 398 g/mol. The summed E-state index contributed by atoms with van der Waals surface area (Å²) in [6.07, 6.45) is 0. The number of esters is 1. The lowest BCUT2D eigenvalue weighted by Gasteiger charge is -2.17. The monoisotopic (exact) mass is 397 g/mol. The second-order valence-electron chi connectivity index (χ2n) is 6.04. The van der Waals surface area contributed by atoms with Crippen molar-refractivity contribution in [2.45, 2.75) is 5.92 Å². The molecule has 0 heterocycles. The van der Waals surface area contributed by atoms with Crippen LogP contribution in [0.25, 0.3) is 0 Å². The van der Waals surface area contributed by atoms with E-state index in [2.05, 4.69) is 5.32 Å². The van der Waals surface area contributed by atoms with Crippen molar-refractivity contribution in [3.05, 3.63) is 101 Å². The molecule has 3 aromatic carbocycles. The Kier molecular flexibility index (Phi) is 6.40. The SMILES string of the molecule is O=C(COC(=O)C(c1ccccc1)c1ccccc1)Nc1ccc(F)c(Cl)c1. The van der Waals surface area contributed by atoms with Gasteiger partial charge in [0.25, 0.3) is 5.91 Å². The summed E-state index contributed by atoms with van der Waals surface area (Å²) in [4.78, 5) is 24.8. The fourth-order valence-electron chi connectivity index (χ4n) is 2.75. The van der Waals surface area contributed by atoms with Gasteiger partial charge < -0.3 is 10.1 Å². The van der Waals surface area contributed by atoms with Gasteiger partial charge in [0.2, 0.25) is 0 Å². The van der Waals surface area contributed by atoms with Crippen LogP contribution in [0.5, 0.6) is 0 Å². The van der Waals surface area contributed by atoms with E-state index in [1.54, 1.807) is 0 Å². The number of halogens is 2. The molecule has 0 unspecified atom stereocenters. The van der Waals surface area contributed by atoms with E-state index in [1.165, 1.54) is 12.1 Å². The third-order valence-electron chi connectivity index (χ3n) is 4.05. The molecular weight excluding hydrogens is 381 g/mol. The quantitative estimate of drug-likeness (QED) is 0.608. The number of anilines is 1. The molecule has 142 valence electrons. The smallest absolute Gasteiger partial charge is 0.318 e. The zero-order chi connectivity index (χ0) is 19.9. The van der Waals surface area contributed by atoms with Crippen molar-refractivity contribution < 1.29 is 18.7 Å². The van der Waals surface area contributed by atoms with Gasteiger partial charge in [0.05, 0.1) is 5.02 Å². The first-order valence-corrected chi connectivity index (χ1v) is 8.94. The summed E-state index contributed by atoms with van der Waals surface area (Å²) in [7, 11) is 0. The van der Waals surface area contributed by atoms with Gasteiger partial charge in [-0.2, -0.15) is 0 Å². The van der Waals surface area contributed by atoms with E-state index < -0.39 is 30.2 Å². The van der Waals surface area contributed by atoms with Gasteiger partial charge in [0.15, 0.2) is 6.61 Å². The maximum Gasteiger partial charge on any atom is 0.318 e. The lowest BCUT2D eigenvalue weighted by Crippen LogP contribution is -2.24. The Morgan fingerprint density at radius 1 is 0.929 bits per heavy atom. The Morgan fingerprint density at radius 2 is 1.50 bits per heavy atom. The topological polar surface area (TPSA) is 55.4 Å². The third-order valence-corrected chi connectivity index (χ3v) is 4.34. The zero-order valence-electron chi connectivity index (χ0n) is 14.8. The van der Waals surface area contributed by atoms with Crippen LogP contribution in [0.15, 0.2) is 78.9 Å². The Morgan fingerprint density at radius 3 is 2.04 bits per heavy atom. The molecule has 4 nitrogen and oxygen atoms in total. The molecule has 0 spiro atoms. The number of carbonyl (C=O) groups is 2. The molecule has 6 heteroatoms. The minimum Gasteiger partial charge on any atom is -0.455 e. The van der Waals surface area contributed by atoms with Crippen LogP contribution in [0.2, 0.25) is 5.02 Å². The van der Waals surface area contributed by atoms with E-state index >= 15 is 0 Å². The zero-order valence-corrected chi connectivity index (χ0v) is 15.5. The van der Waals surface area contributed by atoms with Crippen molar-refractivity contribution in [3.63, 3.8) is 0 Å². The van der Waals surface area contributed by atoms with Crippen molar-refractivity contribution in [2.24, 2.45) is 0 Å². The molecule has 0 atom stereocenters. The molecule has 0 saturated carbocycles. The largest absolute Gasteiger partial charge is 0.455 e. The highest BCUT2D eigenvalue weighted by atomic mass is 35.5. The summed E-state index contributed by atoms with van der Waals surface area (Å²) in [5, 5.41) is 2.41. The van der Waals surface area contributed by atoms with Crippen LogP contribution in [0.1, 0.15) is 17.0 Å². The summed E-state index contributed by atoms with van der Waals surface area (Å²) in [6.45, 7) is -0.468. The minimum absolute atomic E-state index is 0.108. The van der Waals surface area contributed by atoms with Gasteiger partial charge >= 0.3 is 5.97 Å². The average Bonchev–Trinajstić information content (AvgIpc) is 2.71. The number of hydrogen-bond acceptors (Lipinski definition) is 3. The number of amides is 1. The molecule has 1 amide bonds. The molecule has 0 aliphatic heterocycles. The lowest BCUT2D eigenvalue weighted by molar-refractivity contribution is -0.147. The van der Waals surface area contributed by atoms with E-state index in [4.69, 9.17) is 16.3 Å². The number of ether oxygens (including phenoxy) is 1. The number of benzene rings is 3. The molecule has 0 aliphatic rings. The maximum atomic E-state index is 13.2. The van der Waals surface area contributed by atoms with Crippen LogP contribution in [0, 0.1) is 5.82 Å². The molecule has 0 aliphatic carbocycles. The van der Waals surface area contributed by atoms with Gasteiger partial charge in [0, 0.05) is 5.69 Å². The molecule has 3 rings (SSSR count). The highest BCUT2D eigenvalue weighted by molar-refractivity contribution is 6.31. The van der Waals surface area contributed by atoms with Gasteiger partial charge in [0.1, 0.15) is 11.7 Å². The van der Waals surface area contributed by atoms with Crippen LogP contribution in [-0.2, 0) is 14.3 Å². The fourth-order valence-corrected chi connectivity index (χ4v) is 2.93. The molecule has 3 aromatic rings. The third kappa shape index (κ3) is 4.96. The predicted octanol–water partition coefficient (Wildman–Crippen LogP) is 4.79. The number of rotatable bonds is 6. The summed E-state index contributed by atoms with van der Waals surface area (Å²) < 4.78 is 18.4. The molecule has 28 heavy (non-hydrogen) atoms. The van der Waals surface area contributed by atoms with Crippen LogP contribution in [0.3, 0.4) is 0 Å². The van der Waals surface area contributed by atoms with Gasteiger partial charge in [-0.3, -0.25) is 9.59 Å². The first-order valence-electron chi connectivity index (χ1n) is 8.56. The highest BCUT2D eigenvalue weighted by Gasteiger charge is 2.24. The normalized spacial score (nSPS) is 10.5. The van der Waals surface area contributed by atoms with E-state index in [-0.39, 0.29) is 5.02 Å². The molecular formula is C22H17ClFNO3. The Hall–Kier alpha value is -3.18. The maximum absolute atomic E-state index is 13.2.